The van der Waals surface area contributed by atoms with Crippen LogP contribution in [-0.2, 0) is 33.2 Å². The van der Waals surface area contributed by atoms with Crippen LogP contribution in [0.1, 0.15) is 277 Å². The number of rotatable bonds is 56. The van der Waals surface area contributed by atoms with Gasteiger partial charge in [0.15, 0.2) is 18.9 Å². The molecule has 17 unspecified atom stereocenters. The summed E-state index contributed by atoms with van der Waals surface area (Å²) in [6.07, 6.45) is 35.4. The van der Waals surface area contributed by atoms with Gasteiger partial charge >= 0.3 is 0 Å². The van der Waals surface area contributed by atoms with Crippen molar-refractivity contribution in [2.45, 2.75) is 381 Å². The second kappa shape index (κ2) is 53.2. The van der Waals surface area contributed by atoms with Crippen LogP contribution in [0.2, 0.25) is 0 Å². The lowest BCUT2D eigenvalue weighted by Gasteiger charge is -2.48. The zero-order valence-corrected chi connectivity index (χ0v) is 55.9. The highest BCUT2D eigenvalue weighted by atomic mass is 16.8. The van der Waals surface area contributed by atoms with Crippen molar-refractivity contribution in [3.8, 4) is 0 Å². The van der Waals surface area contributed by atoms with Crippen LogP contribution >= 0.6 is 0 Å². The fraction of sp³-hybridized carbons (Fsp3) is 0.901. The van der Waals surface area contributed by atoms with Crippen LogP contribution in [0.15, 0.2) is 36.5 Å². The molecule has 0 aromatic heterocycles. The van der Waals surface area contributed by atoms with Crippen molar-refractivity contribution in [2.75, 3.05) is 26.4 Å². The molecule has 17 atom stereocenters. The smallest absolute Gasteiger partial charge is 0.220 e. The Labute approximate surface area is 542 Å². The molecule has 3 rings (SSSR count). The number of carbonyl (C=O) groups is 1. The molecule has 90 heavy (non-hydrogen) atoms. The van der Waals surface area contributed by atoms with E-state index in [1.807, 2.05) is 6.08 Å². The molecule has 3 heterocycles. The lowest BCUT2D eigenvalue weighted by Crippen LogP contribution is -2.66. The van der Waals surface area contributed by atoms with E-state index in [-0.39, 0.29) is 18.9 Å². The first-order valence-electron chi connectivity index (χ1n) is 36.2. The van der Waals surface area contributed by atoms with Crippen molar-refractivity contribution in [1.82, 2.24) is 5.32 Å². The Bertz CT molecular complexity index is 1780. The number of nitrogens with one attached hydrogen (secondary N) is 1. The zero-order valence-electron chi connectivity index (χ0n) is 55.9. The van der Waals surface area contributed by atoms with Gasteiger partial charge in [-0.3, -0.25) is 4.79 Å². The third-order valence-corrected chi connectivity index (χ3v) is 18.2. The molecule has 12 N–H and O–H groups in total. The van der Waals surface area contributed by atoms with Gasteiger partial charge < -0.3 is 89.9 Å². The molecule has 0 aromatic carbocycles. The van der Waals surface area contributed by atoms with Crippen molar-refractivity contribution in [3.05, 3.63) is 36.5 Å². The number of aliphatic hydroxyl groups excluding tert-OH is 11. The average molecular weight is 1290 g/mol. The highest BCUT2D eigenvalue weighted by molar-refractivity contribution is 5.76. The van der Waals surface area contributed by atoms with Crippen molar-refractivity contribution in [1.29, 1.82) is 0 Å². The highest BCUT2D eigenvalue weighted by Gasteiger charge is 2.53. The minimum Gasteiger partial charge on any atom is -0.394 e. The summed E-state index contributed by atoms with van der Waals surface area (Å²) in [6.45, 7) is 1.75. The minimum absolute atomic E-state index is 0.239. The second-order valence-electron chi connectivity index (χ2n) is 26.1. The number of carbonyl (C=O) groups excluding carboxylic acids is 1. The SMILES string of the molecule is CCCCCCC/C=C\C/C=C\CCCCCCCCCCCC(=O)NC(COC1OC(CO)C(OC2OC(CO)C(OC3OC(CO)C(O)C(O)C3O)C(O)C2O)C(O)C1O)C(O)/C=C/CCCCCCCCCCCCCCCCCCCCCCCC. The monoisotopic (exact) mass is 1290 g/mol. The van der Waals surface area contributed by atoms with E-state index in [0.717, 1.165) is 64.2 Å². The van der Waals surface area contributed by atoms with E-state index < -0.39 is 124 Å². The van der Waals surface area contributed by atoms with Gasteiger partial charge in [-0.1, -0.05) is 256 Å². The van der Waals surface area contributed by atoms with Crippen molar-refractivity contribution in [2.24, 2.45) is 0 Å². The fourth-order valence-corrected chi connectivity index (χ4v) is 12.3. The van der Waals surface area contributed by atoms with Gasteiger partial charge in [0.1, 0.15) is 73.2 Å². The van der Waals surface area contributed by atoms with E-state index in [0.29, 0.717) is 6.42 Å². The van der Waals surface area contributed by atoms with E-state index in [2.05, 4.69) is 43.5 Å². The first kappa shape index (κ1) is 82.2. The number of allylic oxidation sites excluding steroid dienone is 5. The average Bonchev–Trinajstić information content (AvgIpc) is 0.853. The molecule has 528 valence electrons. The van der Waals surface area contributed by atoms with Gasteiger partial charge in [-0.15, -0.1) is 0 Å². The van der Waals surface area contributed by atoms with Gasteiger partial charge in [0.05, 0.1) is 38.6 Å². The first-order valence-corrected chi connectivity index (χ1v) is 36.2. The van der Waals surface area contributed by atoms with Gasteiger partial charge in [0.25, 0.3) is 0 Å². The summed E-state index contributed by atoms with van der Waals surface area (Å²) in [7, 11) is 0. The normalized spacial score (nSPS) is 28.2. The molecule has 0 radical (unpaired) electrons. The molecule has 3 aliphatic heterocycles. The number of amides is 1. The van der Waals surface area contributed by atoms with Crippen LogP contribution < -0.4 is 5.32 Å². The van der Waals surface area contributed by atoms with Crippen LogP contribution in [-0.4, -0.2) is 193 Å². The van der Waals surface area contributed by atoms with Gasteiger partial charge in [0, 0.05) is 6.42 Å². The summed E-state index contributed by atoms with van der Waals surface area (Å²) in [6, 6.07) is -0.976. The number of unbranched alkanes of at least 4 members (excludes halogenated alkanes) is 36. The fourth-order valence-electron chi connectivity index (χ4n) is 12.3. The van der Waals surface area contributed by atoms with E-state index in [1.54, 1.807) is 6.08 Å². The third-order valence-electron chi connectivity index (χ3n) is 18.2. The molecule has 19 heteroatoms. The minimum atomic E-state index is -1.98. The molecule has 1 amide bonds. The molecule has 3 fully saturated rings. The van der Waals surface area contributed by atoms with Crippen LogP contribution in [0.25, 0.3) is 0 Å². The summed E-state index contributed by atoms with van der Waals surface area (Å²) in [5.41, 5.74) is 0. The van der Waals surface area contributed by atoms with Gasteiger partial charge in [-0.2, -0.15) is 0 Å². The van der Waals surface area contributed by atoms with Gasteiger partial charge in [0.2, 0.25) is 5.91 Å². The number of ether oxygens (including phenoxy) is 6. The largest absolute Gasteiger partial charge is 0.394 e. The summed E-state index contributed by atoms with van der Waals surface area (Å²) in [5.74, 6) is -0.277. The highest BCUT2D eigenvalue weighted by Crippen LogP contribution is 2.33. The van der Waals surface area contributed by atoms with Crippen LogP contribution in [0.4, 0.5) is 0 Å². The molecule has 0 aromatic rings. The molecule has 3 aliphatic rings. The Kier molecular flexibility index (Phi) is 48.6. The molecule has 3 saturated heterocycles. The Morgan fingerprint density at radius 2 is 0.733 bits per heavy atom. The van der Waals surface area contributed by atoms with Crippen molar-refractivity contribution < 1.29 is 89.4 Å². The second-order valence-corrected chi connectivity index (χ2v) is 26.1. The molecule has 0 saturated carbocycles. The maximum Gasteiger partial charge on any atom is 0.220 e. The lowest BCUT2D eigenvalue weighted by molar-refractivity contribution is -0.379. The number of hydrogen-bond acceptors (Lipinski definition) is 18. The van der Waals surface area contributed by atoms with Gasteiger partial charge in [-0.25, -0.2) is 0 Å². The quantitative estimate of drug-likeness (QED) is 0.0199. The summed E-state index contributed by atoms with van der Waals surface area (Å²) in [5, 5.41) is 121. The summed E-state index contributed by atoms with van der Waals surface area (Å²) in [4.78, 5) is 13.4. The van der Waals surface area contributed by atoms with Crippen LogP contribution in [0, 0.1) is 0 Å². The van der Waals surface area contributed by atoms with E-state index in [9.17, 15) is 61.0 Å². The molecule has 0 bridgehead atoms. The molecule has 0 aliphatic carbocycles. The maximum absolute atomic E-state index is 13.4. The number of aliphatic hydroxyl groups is 11. The number of hydrogen-bond donors (Lipinski definition) is 12. The van der Waals surface area contributed by atoms with Crippen LogP contribution in [0.5, 0.6) is 0 Å². The Morgan fingerprint density at radius 1 is 0.400 bits per heavy atom. The molecule has 0 spiro atoms. The first-order chi connectivity index (χ1) is 43.8. The van der Waals surface area contributed by atoms with Gasteiger partial charge in [-0.05, 0) is 51.4 Å². The zero-order chi connectivity index (χ0) is 65.4. The van der Waals surface area contributed by atoms with Crippen molar-refractivity contribution >= 4 is 5.91 Å². The Balaban J connectivity index is 1.43. The lowest BCUT2D eigenvalue weighted by atomic mass is 9.96. The topological polar surface area (TPSA) is 307 Å². The van der Waals surface area contributed by atoms with Crippen molar-refractivity contribution in [3.63, 3.8) is 0 Å². The maximum atomic E-state index is 13.4. The Morgan fingerprint density at radius 3 is 1.13 bits per heavy atom. The molecular formula is C71H131NO18. The third kappa shape index (κ3) is 34.6. The van der Waals surface area contributed by atoms with E-state index >= 15 is 0 Å². The molecule has 19 nitrogen and oxygen atoms in total. The van der Waals surface area contributed by atoms with E-state index in [4.69, 9.17) is 28.4 Å². The predicted molar refractivity (Wildman–Crippen MR) is 351 cm³/mol. The molecular weight excluding hydrogens is 1150 g/mol. The Hall–Kier alpha value is -1.99. The van der Waals surface area contributed by atoms with E-state index in [1.165, 1.54) is 186 Å². The predicted octanol–water partition coefficient (Wildman–Crippen LogP) is 10.00. The van der Waals surface area contributed by atoms with Crippen LogP contribution in [0.3, 0.4) is 0 Å². The standard InChI is InChI=1S/C71H131NO18/c1-3-5-7-9-11-13-15-17-19-21-23-25-26-27-29-30-32-34-36-38-40-42-44-46-48-55(76)54(72-59(77)49-47-45-43-41-39-37-35-33-31-28-24-22-20-18-16-14-12-10-8-6-4-2)53-85-69-65(83)62(80)67(57(51-74)87-69)90-71-66(84)63(81)68(58(52-75)88-71)89-70-64(82)61(79)60(78)56(50-73)86-70/h16,18,22,24,46,48,54-58,60-71,73-76,78-84H,3-15,17,19-21,23,25-45,47,49-53H2,1-2H3,(H,72,77)/b18-16-,24-22-,48-46+. The summed E-state index contributed by atoms with van der Waals surface area (Å²) >= 11 is 0. The summed E-state index contributed by atoms with van der Waals surface area (Å²) < 4.78 is 34.4.